The van der Waals surface area contributed by atoms with Gasteiger partial charge >= 0.3 is 6.18 Å². The molecule has 0 spiro atoms. The third-order valence-corrected chi connectivity index (χ3v) is 5.89. The molecule has 0 unspecified atom stereocenters. The minimum absolute atomic E-state index is 0.0301. The standard InChI is InChI=1S/C23H24F3N3O/c1-28(18-7-3-2-4-8-18)21(30)17-13-11-16(12-14-17)15-29-20-10-6-5-9-19(20)27-22(29)23(24,25)26/h5-6,9-14,18H,2-4,7-8,15H2,1H3. The zero-order valence-corrected chi connectivity index (χ0v) is 16.8. The smallest absolute Gasteiger partial charge is 0.339 e. The molecule has 0 saturated heterocycles. The van der Waals surface area contributed by atoms with E-state index in [1.807, 2.05) is 7.05 Å². The van der Waals surface area contributed by atoms with Crippen molar-refractivity contribution in [2.75, 3.05) is 7.05 Å². The van der Waals surface area contributed by atoms with Crippen molar-refractivity contribution in [2.45, 2.75) is 50.9 Å². The molecule has 1 aromatic heterocycles. The number of carbonyl (C=O) groups is 1. The number of amides is 1. The summed E-state index contributed by atoms with van der Waals surface area (Å²) in [5.74, 6) is -0.960. The van der Waals surface area contributed by atoms with Crippen LogP contribution in [0.1, 0.15) is 53.8 Å². The van der Waals surface area contributed by atoms with E-state index in [0.717, 1.165) is 25.7 Å². The molecule has 0 atom stereocenters. The Morgan fingerprint density at radius 3 is 2.40 bits per heavy atom. The van der Waals surface area contributed by atoms with E-state index in [9.17, 15) is 18.0 Å². The Labute approximate surface area is 173 Å². The topological polar surface area (TPSA) is 38.1 Å². The van der Waals surface area contributed by atoms with Crippen molar-refractivity contribution in [1.82, 2.24) is 14.5 Å². The van der Waals surface area contributed by atoms with Gasteiger partial charge in [-0.05, 0) is 42.7 Å². The molecule has 7 heteroatoms. The van der Waals surface area contributed by atoms with Crippen LogP contribution >= 0.6 is 0 Å². The number of fused-ring (bicyclic) bond motifs is 1. The average Bonchev–Trinajstić information content (AvgIpc) is 3.13. The Balaban J connectivity index is 1.56. The van der Waals surface area contributed by atoms with E-state index in [0.29, 0.717) is 22.2 Å². The Hall–Kier alpha value is -2.83. The van der Waals surface area contributed by atoms with Crippen LogP contribution in [0.3, 0.4) is 0 Å². The van der Waals surface area contributed by atoms with E-state index in [1.165, 1.54) is 11.0 Å². The van der Waals surface area contributed by atoms with Crippen LogP contribution in [-0.2, 0) is 12.7 Å². The van der Waals surface area contributed by atoms with Gasteiger partial charge in [0.1, 0.15) is 0 Å². The van der Waals surface area contributed by atoms with Gasteiger partial charge in [-0.3, -0.25) is 4.79 Å². The van der Waals surface area contributed by atoms with Crippen molar-refractivity contribution in [1.29, 1.82) is 0 Å². The van der Waals surface area contributed by atoms with Gasteiger partial charge in [-0.1, -0.05) is 43.5 Å². The first-order valence-electron chi connectivity index (χ1n) is 10.2. The van der Waals surface area contributed by atoms with Gasteiger partial charge < -0.3 is 9.47 Å². The van der Waals surface area contributed by atoms with Crippen molar-refractivity contribution >= 4 is 16.9 Å². The molecule has 0 bridgehead atoms. The van der Waals surface area contributed by atoms with Crippen molar-refractivity contribution in [2.24, 2.45) is 0 Å². The Kier molecular flexibility index (Phi) is 5.54. The second-order valence-corrected chi connectivity index (χ2v) is 7.91. The molecular formula is C23H24F3N3O. The summed E-state index contributed by atoms with van der Waals surface area (Å²) < 4.78 is 41.7. The lowest BCUT2D eigenvalue weighted by molar-refractivity contribution is -0.146. The predicted octanol–water partition coefficient (Wildman–Crippen LogP) is 5.51. The monoisotopic (exact) mass is 415 g/mol. The van der Waals surface area contributed by atoms with Gasteiger partial charge in [0.25, 0.3) is 5.91 Å². The third-order valence-electron chi connectivity index (χ3n) is 5.89. The fourth-order valence-electron chi connectivity index (χ4n) is 4.23. The van der Waals surface area contributed by atoms with E-state index in [1.54, 1.807) is 53.4 Å². The minimum atomic E-state index is -4.54. The lowest BCUT2D eigenvalue weighted by Gasteiger charge is -2.31. The van der Waals surface area contributed by atoms with E-state index in [-0.39, 0.29) is 18.5 Å². The van der Waals surface area contributed by atoms with Crippen LogP contribution < -0.4 is 0 Å². The summed E-state index contributed by atoms with van der Waals surface area (Å²) in [7, 11) is 1.83. The van der Waals surface area contributed by atoms with E-state index in [4.69, 9.17) is 0 Å². The van der Waals surface area contributed by atoms with E-state index >= 15 is 0 Å². The van der Waals surface area contributed by atoms with Crippen molar-refractivity contribution < 1.29 is 18.0 Å². The summed E-state index contributed by atoms with van der Waals surface area (Å²) >= 11 is 0. The molecule has 1 amide bonds. The van der Waals surface area contributed by atoms with Crippen LogP contribution in [0.15, 0.2) is 48.5 Å². The predicted molar refractivity (Wildman–Crippen MR) is 109 cm³/mol. The van der Waals surface area contributed by atoms with E-state index < -0.39 is 12.0 Å². The Morgan fingerprint density at radius 1 is 1.07 bits per heavy atom. The lowest BCUT2D eigenvalue weighted by Crippen LogP contribution is -2.38. The van der Waals surface area contributed by atoms with Gasteiger partial charge in [0.2, 0.25) is 5.82 Å². The number of imidazole rings is 1. The number of carbonyl (C=O) groups excluding carboxylic acids is 1. The molecule has 4 rings (SSSR count). The van der Waals surface area contributed by atoms with Gasteiger partial charge in [0, 0.05) is 25.2 Å². The molecule has 3 aromatic rings. The molecule has 1 heterocycles. The number of hydrogen-bond acceptors (Lipinski definition) is 2. The molecule has 4 nitrogen and oxygen atoms in total. The Morgan fingerprint density at radius 2 is 1.73 bits per heavy atom. The highest BCUT2D eigenvalue weighted by atomic mass is 19.4. The molecule has 1 fully saturated rings. The summed E-state index contributed by atoms with van der Waals surface area (Å²) in [6, 6.07) is 13.7. The highest BCUT2D eigenvalue weighted by Crippen LogP contribution is 2.32. The number of rotatable bonds is 4. The number of hydrogen-bond donors (Lipinski definition) is 0. The minimum Gasteiger partial charge on any atom is -0.339 e. The summed E-state index contributed by atoms with van der Waals surface area (Å²) in [6.07, 6.45) is 0.999. The summed E-state index contributed by atoms with van der Waals surface area (Å²) in [6.45, 7) is 0.0301. The molecule has 0 aliphatic heterocycles. The fraction of sp³-hybridized carbons (Fsp3) is 0.391. The van der Waals surface area contributed by atoms with Crippen LogP contribution in [-0.4, -0.2) is 33.4 Å². The summed E-state index contributed by atoms with van der Waals surface area (Å²) in [5.41, 5.74) is 1.98. The van der Waals surface area contributed by atoms with E-state index in [2.05, 4.69) is 4.98 Å². The molecule has 30 heavy (non-hydrogen) atoms. The summed E-state index contributed by atoms with van der Waals surface area (Å²) in [4.78, 5) is 18.4. The molecule has 0 radical (unpaired) electrons. The fourth-order valence-corrected chi connectivity index (χ4v) is 4.23. The number of alkyl halides is 3. The normalized spacial score (nSPS) is 15.5. The van der Waals surface area contributed by atoms with Gasteiger partial charge in [0.15, 0.2) is 0 Å². The zero-order valence-electron chi connectivity index (χ0n) is 16.8. The quantitative estimate of drug-likeness (QED) is 0.564. The Bertz CT molecular complexity index is 1030. The van der Waals surface area contributed by atoms with Gasteiger partial charge in [-0.25, -0.2) is 4.98 Å². The average molecular weight is 415 g/mol. The van der Waals surface area contributed by atoms with Crippen LogP contribution in [0.5, 0.6) is 0 Å². The molecule has 158 valence electrons. The van der Waals surface area contributed by atoms with Gasteiger partial charge in [-0.2, -0.15) is 13.2 Å². The van der Waals surface area contributed by atoms with Crippen molar-refractivity contribution in [3.05, 3.63) is 65.5 Å². The maximum absolute atomic E-state index is 13.5. The maximum Gasteiger partial charge on any atom is 0.449 e. The molecule has 1 aliphatic carbocycles. The first kappa shape index (κ1) is 20.4. The molecule has 2 aromatic carbocycles. The number of para-hydroxylation sites is 2. The van der Waals surface area contributed by atoms with Crippen LogP contribution in [0.25, 0.3) is 11.0 Å². The summed E-state index contributed by atoms with van der Waals surface area (Å²) in [5, 5.41) is 0. The van der Waals surface area contributed by atoms with Crippen molar-refractivity contribution in [3.8, 4) is 0 Å². The lowest BCUT2D eigenvalue weighted by atomic mass is 9.94. The number of benzene rings is 2. The highest BCUT2D eigenvalue weighted by Gasteiger charge is 2.37. The molecule has 1 aliphatic rings. The number of nitrogens with zero attached hydrogens (tertiary/aromatic N) is 3. The molecular weight excluding hydrogens is 391 g/mol. The van der Waals surface area contributed by atoms with Crippen molar-refractivity contribution in [3.63, 3.8) is 0 Å². The maximum atomic E-state index is 13.5. The second-order valence-electron chi connectivity index (χ2n) is 7.91. The molecule has 0 N–H and O–H groups in total. The molecule has 1 saturated carbocycles. The first-order valence-corrected chi connectivity index (χ1v) is 10.2. The first-order chi connectivity index (χ1) is 14.3. The number of aromatic nitrogens is 2. The van der Waals surface area contributed by atoms with Gasteiger partial charge in [0.05, 0.1) is 11.0 Å². The SMILES string of the molecule is CN(C(=O)c1ccc(Cn2c(C(F)(F)F)nc3ccccc32)cc1)C1CCCCC1. The zero-order chi connectivity index (χ0) is 21.3. The third kappa shape index (κ3) is 4.06. The van der Waals surface area contributed by atoms with Gasteiger partial charge in [-0.15, -0.1) is 0 Å². The van der Waals surface area contributed by atoms with Crippen LogP contribution in [0.2, 0.25) is 0 Å². The second kappa shape index (κ2) is 8.13. The van der Waals surface area contributed by atoms with Crippen LogP contribution in [0, 0.1) is 0 Å². The highest BCUT2D eigenvalue weighted by molar-refractivity contribution is 5.94. The largest absolute Gasteiger partial charge is 0.449 e. The van der Waals surface area contributed by atoms with Crippen LogP contribution in [0.4, 0.5) is 13.2 Å². The number of halogens is 3.